The van der Waals surface area contributed by atoms with Gasteiger partial charge in [-0.15, -0.1) is 0 Å². The molecule has 0 rings (SSSR count). The Hall–Kier alpha value is -8.81. The summed E-state index contributed by atoms with van der Waals surface area (Å²) in [5.74, 6) is -13.9. The number of amides is 5. The van der Waals surface area contributed by atoms with Crippen LogP contribution in [0.1, 0.15) is 307 Å². The van der Waals surface area contributed by atoms with Crippen molar-refractivity contribution in [2.45, 2.75) is 383 Å². The van der Waals surface area contributed by atoms with Gasteiger partial charge < -0.3 is 73.2 Å². The van der Waals surface area contributed by atoms with Gasteiger partial charge in [0.05, 0.1) is 0 Å². The molecule has 812 valence electrons. The van der Waals surface area contributed by atoms with Gasteiger partial charge in [0.1, 0.15) is 13.2 Å². The molecule has 143 heavy (non-hydrogen) atoms. The molecule has 1 unspecified atom stereocenters. The van der Waals surface area contributed by atoms with Crippen LogP contribution in [-0.4, -0.2) is 356 Å². The number of esters is 10. The molecule has 0 aromatic heterocycles. The van der Waals surface area contributed by atoms with E-state index in [1.54, 1.807) is 27.3 Å². The summed E-state index contributed by atoms with van der Waals surface area (Å²) in [4.78, 5) is 211. The standard InChI is InChI=1S/C95H173B6N11O31/c1-71(113)133-69-82(136-73(3)115)88(138-75(5)117)90(140-77(7)119)92(142-79(9)121)94(126)104-56-64-110(65-57-105-95(127)93(143-80(10)122)91(141-78(8)120)89(139-76(6)118)83(137-74(4)116)70-134-72(2)114)87(125)53-52-86(124)103-55-42-36-33-31-29-27-25-23-21-19-17-18-20-22-24-26-28-30-32-34-40-51-85(123)102-54-43-37-35-39-49-81(67-106-84(96-128)50-41-45-61-112(101(14)132)63-48-59-109(16)99(12)130)68-107-97-135-66-46-38-44-60-111(100(13)131)62-47-58-108(15)98(11)129/h81-83,88-93,129-132H,17-70H2,1-16H3,(H,102,123)(H,103,124)(H,104,126)(H,105,127)/t81?,82-,83-,88-,89+,90-,91-,92-,93+/m0/s1. The van der Waals surface area contributed by atoms with Crippen LogP contribution in [0.5, 0.6) is 0 Å². The zero-order valence-electron chi connectivity index (χ0n) is 88.8. The van der Waals surface area contributed by atoms with Gasteiger partial charge in [-0.05, 0) is 19.7 Å². The summed E-state index contributed by atoms with van der Waals surface area (Å²) in [6, 6.07) is 0. The summed E-state index contributed by atoms with van der Waals surface area (Å²) >= 11 is 0. The minimum absolute atomic E-state index is 0.113. The van der Waals surface area contributed by atoms with Gasteiger partial charge in [0.25, 0.3) is 11.8 Å². The zero-order chi connectivity index (χ0) is 107. The number of hydrogen-bond acceptors (Lipinski definition) is 37. The van der Waals surface area contributed by atoms with Gasteiger partial charge in [-0.25, -0.2) is 0 Å². The van der Waals surface area contributed by atoms with Crippen molar-refractivity contribution in [1.29, 1.82) is 0 Å². The second-order valence-corrected chi connectivity index (χ2v) is 36.7. The Morgan fingerprint density at radius 2 is 0.664 bits per heavy atom. The van der Waals surface area contributed by atoms with Crippen molar-refractivity contribution in [2.24, 2.45) is 15.8 Å². The summed E-state index contributed by atoms with van der Waals surface area (Å²) in [5.41, 5.74) is 0.533. The molecule has 0 spiro atoms. The zero-order valence-corrected chi connectivity index (χ0v) is 88.8. The first-order valence-electron chi connectivity index (χ1n) is 51.7. The number of carbonyl (C=O) groups is 15. The van der Waals surface area contributed by atoms with E-state index in [-0.39, 0.29) is 18.2 Å². The van der Waals surface area contributed by atoms with Crippen molar-refractivity contribution in [3.8, 4) is 0 Å². The van der Waals surface area contributed by atoms with E-state index in [9.17, 15) is 96.7 Å². The van der Waals surface area contributed by atoms with E-state index in [4.69, 9.17) is 57.0 Å². The molecule has 0 radical (unpaired) electrons. The van der Waals surface area contributed by atoms with Gasteiger partial charge >= 0.3 is 373 Å². The first-order chi connectivity index (χ1) is 68.0. The molecular formula is C95H173B6N11O31. The molecule has 0 aliphatic rings. The van der Waals surface area contributed by atoms with E-state index in [1.165, 1.54) is 84.3 Å². The van der Waals surface area contributed by atoms with Gasteiger partial charge in [0, 0.05) is 115 Å². The average molecular weight is 2030 g/mol. The normalized spacial score (nSPS) is 13.2. The maximum absolute atomic E-state index is 14.2. The number of unbranched alkanes of at least 4 members (excludes halogenated alkanes) is 26. The van der Waals surface area contributed by atoms with Crippen LogP contribution >= 0.6 is 0 Å². The van der Waals surface area contributed by atoms with Gasteiger partial charge in [0.15, 0.2) is 36.6 Å². The van der Waals surface area contributed by atoms with Crippen molar-refractivity contribution < 1.29 is 149 Å². The van der Waals surface area contributed by atoms with E-state index in [0.29, 0.717) is 77.3 Å². The molecule has 48 heteroatoms. The Balaban J connectivity index is 5.28. The molecule has 5 amide bonds. The van der Waals surface area contributed by atoms with Crippen LogP contribution in [0.15, 0.2) is 9.89 Å². The van der Waals surface area contributed by atoms with Crippen LogP contribution < -0.4 is 21.3 Å². The third-order valence-electron chi connectivity index (χ3n) is 23.7. The van der Waals surface area contributed by atoms with Crippen LogP contribution in [-0.2, 0) is 129 Å². The first kappa shape index (κ1) is 134. The average Bonchev–Trinajstić information content (AvgIpc) is 0.820. The molecule has 0 aliphatic carbocycles. The molecule has 0 aromatic carbocycles. The molecule has 0 bridgehead atoms. The van der Waals surface area contributed by atoms with Crippen LogP contribution in [0.25, 0.3) is 0 Å². The molecule has 0 saturated carbocycles. The van der Waals surface area contributed by atoms with E-state index in [1.807, 2.05) is 28.5 Å². The van der Waals surface area contributed by atoms with Gasteiger partial charge in [-0.1, -0.05) is 122 Å². The van der Waals surface area contributed by atoms with Crippen LogP contribution in [0.2, 0.25) is 27.3 Å². The summed E-state index contributed by atoms with van der Waals surface area (Å²) in [6.45, 7) is 19.6. The summed E-state index contributed by atoms with van der Waals surface area (Å²) in [5, 5.41) is 51.1. The Bertz CT molecular complexity index is 3590. The Morgan fingerprint density at radius 1 is 0.329 bits per heavy atom. The number of ether oxygens (including phenoxy) is 10. The summed E-state index contributed by atoms with van der Waals surface area (Å²) < 4.78 is 70.8. The van der Waals surface area contributed by atoms with E-state index >= 15 is 0 Å². The van der Waals surface area contributed by atoms with Gasteiger partial charge in [-0.2, -0.15) is 0 Å². The SMILES string of the molecule is CB(O)N(C)CCCN(CCCCCOB=NCC(CCCCCCNC(=O)CCCCCCCCCCCCCCCCCCCCCCCNC(=O)CCC(=O)N(CCNC(=O)[C@@H](OC(C)=O)[C@@H](OC(C)=O)[C@@H](OC(C)=O)[C@H](COC(C)=O)OC(C)=O)CCNC(=O)[C@H](OC(C)=O)[C@@H](OC(C)=O)[C@H](OC(C)=O)[C@H](COC(C)=O)OC(C)=O)CN=C(B=O)CCCCN(CCCN(C)B(C)O)B(C)O)B(C)O. The fraction of sp³-hybridized carbons (Fsp3) is 0.832. The molecule has 0 saturated heterocycles. The molecule has 0 heterocycles. The maximum atomic E-state index is 14.2. The molecule has 42 nitrogen and oxygen atoms in total. The Kier molecular flexibility index (Phi) is 79.1. The van der Waals surface area contributed by atoms with Crippen LogP contribution in [0.4, 0.5) is 0 Å². The topological polar surface area (TPSA) is 545 Å². The minimum atomic E-state index is -2.21. The van der Waals surface area contributed by atoms with Crippen molar-refractivity contribution in [2.75, 3.05) is 126 Å². The van der Waals surface area contributed by atoms with Crippen molar-refractivity contribution in [1.82, 2.24) is 45.4 Å². The monoisotopic (exact) mass is 2030 g/mol. The number of rotatable bonds is 89. The molecule has 0 aliphatic heterocycles. The first-order valence-corrected chi connectivity index (χ1v) is 51.7. The van der Waals surface area contributed by atoms with Crippen LogP contribution in [0.3, 0.4) is 0 Å². The summed E-state index contributed by atoms with van der Waals surface area (Å²) in [6.07, 6.45) is 18.5. The molecule has 0 fully saturated rings. The fourth-order valence-electron chi connectivity index (χ4n) is 15.7. The van der Waals surface area contributed by atoms with Crippen molar-refractivity contribution in [3.63, 3.8) is 0 Å². The molecule has 9 atom stereocenters. The number of nitrogens with one attached hydrogen (secondary N) is 4. The van der Waals surface area contributed by atoms with E-state index in [0.717, 1.165) is 229 Å². The van der Waals surface area contributed by atoms with Crippen LogP contribution in [0, 0.1) is 5.92 Å². The number of carbonyl (C=O) groups excluding carboxylic acids is 15. The second-order valence-electron chi connectivity index (χ2n) is 36.7. The second kappa shape index (κ2) is 84.3. The van der Waals surface area contributed by atoms with Gasteiger partial charge in [-0.3, -0.25) is 67.1 Å². The molecular weight excluding hydrogens is 1860 g/mol. The number of hydrogen-bond donors (Lipinski definition) is 8. The fourth-order valence-corrected chi connectivity index (χ4v) is 15.7. The van der Waals surface area contributed by atoms with Crippen molar-refractivity contribution >= 4 is 137 Å². The third kappa shape index (κ3) is 73.0. The third-order valence-corrected chi connectivity index (χ3v) is 23.7. The van der Waals surface area contributed by atoms with Crippen molar-refractivity contribution in [3.05, 3.63) is 0 Å². The Labute approximate surface area is 851 Å². The molecule has 0 aromatic rings. The summed E-state index contributed by atoms with van der Waals surface area (Å²) in [7, 11) is 3.96. The van der Waals surface area contributed by atoms with E-state index in [2.05, 4.69) is 31.0 Å². The number of aliphatic imine (C=N–C) groups is 1. The quantitative estimate of drug-likeness (QED) is 0.00990. The van der Waals surface area contributed by atoms with Gasteiger partial charge in [0.2, 0.25) is 24.0 Å². The predicted molar refractivity (Wildman–Crippen MR) is 542 cm³/mol. The number of nitrogens with zero attached hydrogens (tertiary/aromatic N) is 7. The molecule has 8 N–H and O–H groups in total. The predicted octanol–water partition coefficient (Wildman–Crippen LogP) is 7.09. The van der Waals surface area contributed by atoms with E-state index < -0.39 is 206 Å². The Morgan fingerprint density at radius 3 is 1.03 bits per heavy atom.